The second kappa shape index (κ2) is 11.4. The van der Waals surface area contributed by atoms with Gasteiger partial charge in [-0.15, -0.1) is 0 Å². The Kier molecular flexibility index (Phi) is 8.28. The van der Waals surface area contributed by atoms with Crippen molar-refractivity contribution < 1.29 is 47.0 Å². The summed E-state index contributed by atoms with van der Waals surface area (Å²) in [6, 6.07) is 3.10. The fourth-order valence-electron chi connectivity index (χ4n) is 3.94. The third-order valence-corrected chi connectivity index (χ3v) is 6.43. The van der Waals surface area contributed by atoms with Gasteiger partial charge in [-0.3, -0.25) is 14.2 Å². The van der Waals surface area contributed by atoms with Crippen LogP contribution in [0.4, 0.5) is 50.7 Å². The van der Waals surface area contributed by atoms with Crippen LogP contribution in [0.15, 0.2) is 12.1 Å². The maximum absolute atomic E-state index is 15.1. The van der Waals surface area contributed by atoms with E-state index in [0.29, 0.717) is 22.9 Å². The molecule has 3 aromatic rings. The van der Waals surface area contributed by atoms with Crippen LogP contribution in [0.1, 0.15) is 13.8 Å². The SMILES string of the molecule is COc1cc(Nc2nc(N)c(F)c(Nc3nc4c(c(N)c3N)OC(C)(C)C(=O)N4COP(=O)(O)O)n2)cc(OC)c1OC. The Morgan fingerprint density at radius 3 is 2.19 bits per heavy atom. The molecule has 1 aromatic carbocycles. The number of ether oxygens (including phenoxy) is 4. The highest BCUT2D eigenvalue weighted by atomic mass is 31.2. The number of methoxy groups -OCH3 is 3. The number of nitrogen functional groups attached to an aromatic ring is 3. The minimum atomic E-state index is -5.01. The number of phosphoric ester groups is 1. The average Bonchev–Trinajstić information content (AvgIpc) is 2.94. The van der Waals surface area contributed by atoms with Crippen LogP contribution in [-0.4, -0.2) is 64.3 Å². The molecule has 0 fully saturated rings. The molecule has 0 bridgehead atoms. The Hall–Kier alpha value is -4.84. The van der Waals surface area contributed by atoms with Crippen molar-refractivity contribution in [3.05, 3.63) is 17.9 Å². The number of hydrogen-bond donors (Lipinski definition) is 7. The molecule has 18 nitrogen and oxygen atoms in total. The Morgan fingerprint density at radius 1 is 1.00 bits per heavy atom. The lowest BCUT2D eigenvalue weighted by Crippen LogP contribution is -2.53. The molecule has 0 unspecified atom stereocenters. The van der Waals surface area contributed by atoms with Crippen LogP contribution >= 0.6 is 7.82 Å². The normalized spacial score (nSPS) is 14.0. The topological polar surface area (TPSA) is 265 Å². The van der Waals surface area contributed by atoms with E-state index >= 15 is 4.39 Å². The number of amides is 1. The largest absolute Gasteiger partial charge is 0.493 e. The molecule has 1 aliphatic heterocycles. The summed E-state index contributed by atoms with van der Waals surface area (Å²) < 4.78 is 52.7. The Bertz CT molecular complexity index is 1610. The molecule has 232 valence electrons. The number of aromatic nitrogens is 3. The van der Waals surface area contributed by atoms with Gasteiger partial charge in [0, 0.05) is 17.8 Å². The highest BCUT2D eigenvalue weighted by molar-refractivity contribution is 7.46. The van der Waals surface area contributed by atoms with Crippen molar-refractivity contribution in [3.63, 3.8) is 0 Å². The van der Waals surface area contributed by atoms with Crippen molar-refractivity contribution in [1.82, 2.24) is 15.0 Å². The Morgan fingerprint density at radius 2 is 1.63 bits per heavy atom. The zero-order chi connectivity index (χ0) is 31.9. The number of nitrogens with two attached hydrogens (primary N) is 3. The zero-order valence-electron chi connectivity index (χ0n) is 23.5. The summed E-state index contributed by atoms with van der Waals surface area (Å²) in [6.45, 7) is 1.87. The van der Waals surface area contributed by atoms with E-state index in [4.69, 9.17) is 36.1 Å². The van der Waals surface area contributed by atoms with Crippen LogP contribution < -0.4 is 51.7 Å². The number of carbonyl (C=O) groups excluding carboxylic acids is 1. The molecule has 10 N–H and O–H groups in total. The highest BCUT2D eigenvalue weighted by Gasteiger charge is 2.44. The van der Waals surface area contributed by atoms with Gasteiger partial charge in [-0.25, -0.2) is 9.55 Å². The van der Waals surface area contributed by atoms with E-state index in [2.05, 4.69) is 30.1 Å². The number of anilines is 8. The van der Waals surface area contributed by atoms with Gasteiger partial charge in [0.2, 0.25) is 17.5 Å². The van der Waals surface area contributed by atoms with Crippen molar-refractivity contribution in [2.24, 2.45) is 0 Å². The van der Waals surface area contributed by atoms with Crippen LogP contribution in [0.25, 0.3) is 0 Å². The van der Waals surface area contributed by atoms with Gasteiger partial charge in [0.05, 0.1) is 21.3 Å². The van der Waals surface area contributed by atoms with Gasteiger partial charge in [-0.2, -0.15) is 14.4 Å². The van der Waals surface area contributed by atoms with Crippen molar-refractivity contribution >= 4 is 60.0 Å². The lowest BCUT2D eigenvalue weighted by atomic mass is 10.1. The number of rotatable bonds is 10. The lowest BCUT2D eigenvalue weighted by molar-refractivity contribution is -0.133. The van der Waals surface area contributed by atoms with Crippen molar-refractivity contribution in [2.75, 3.05) is 60.8 Å². The van der Waals surface area contributed by atoms with Crippen LogP contribution in [0.5, 0.6) is 23.0 Å². The molecule has 1 amide bonds. The molecule has 0 spiro atoms. The van der Waals surface area contributed by atoms with Crippen LogP contribution in [0, 0.1) is 5.82 Å². The summed E-state index contributed by atoms with van der Waals surface area (Å²) in [5.74, 6) is -2.92. The summed E-state index contributed by atoms with van der Waals surface area (Å²) in [5.41, 5.74) is 16.5. The molecule has 1 aliphatic rings. The number of carbonyl (C=O) groups is 1. The summed E-state index contributed by atoms with van der Waals surface area (Å²) >= 11 is 0. The molecule has 4 rings (SSSR count). The predicted octanol–water partition coefficient (Wildman–Crippen LogP) is 1.84. The molecule has 0 aliphatic carbocycles. The predicted molar refractivity (Wildman–Crippen MR) is 152 cm³/mol. The summed E-state index contributed by atoms with van der Waals surface area (Å²) in [6.07, 6.45) is 0. The lowest BCUT2D eigenvalue weighted by Gasteiger charge is -2.38. The maximum atomic E-state index is 15.1. The molecular weight excluding hydrogens is 596 g/mol. The molecular formula is C23H29FN9O9P. The quantitative estimate of drug-likeness (QED) is 0.158. The van der Waals surface area contributed by atoms with E-state index < -0.39 is 43.5 Å². The van der Waals surface area contributed by atoms with Crippen molar-refractivity contribution in [1.29, 1.82) is 0 Å². The first kappa shape index (κ1) is 31.1. The number of halogens is 1. The fraction of sp³-hybridized carbons (Fsp3) is 0.304. The number of pyridine rings is 1. The molecule has 20 heteroatoms. The molecule has 0 saturated carbocycles. The Balaban J connectivity index is 1.75. The number of fused-ring (bicyclic) bond motifs is 1. The van der Waals surface area contributed by atoms with Gasteiger partial charge >= 0.3 is 7.82 Å². The van der Waals surface area contributed by atoms with Crippen LogP contribution in [-0.2, 0) is 13.9 Å². The van der Waals surface area contributed by atoms with Gasteiger partial charge < -0.3 is 56.6 Å². The first-order chi connectivity index (χ1) is 20.1. The molecule has 2 aromatic heterocycles. The van der Waals surface area contributed by atoms with E-state index in [1.54, 1.807) is 12.1 Å². The van der Waals surface area contributed by atoms with Crippen LogP contribution in [0.2, 0.25) is 0 Å². The van der Waals surface area contributed by atoms with E-state index in [-0.39, 0.29) is 34.7 Å². The summed E-state index contributed by atoms with van der Waals surface area (Å²) in [4.78, 5) is 44.4. The fourth-order valence-corrected chi connectivity index (χ4v) is 4.20. The average molecular weight is 626 g/mol. The van der Waals surface area contributed by atoms with Gasteiger partial charge in [-0.1, -0.05) is 0 Å². The highest BCUT2D eigenvalue weighted by Crippen LogP contribution is 2.47. The standard InChI is InChI=1S/C23H29FN9O9P/c1-23(2)21(34)33(8-41-43(35,36)37)20-16(42-23)13(25)14(26)19(31-20)30-18-12(24)17(27)29-22(32-18)28-9-6-10(38-3)15(40-5)11(7-9)39-4/h6-7H,8,26H2,1-5H3,(H2,35,36,37)(H6,25,27,28,29,30,31,32). The second-order valence-electron chi connectivity index (χ2n) is 9.29. The van der Waals surface area contributed by atoms with E-state index in [9.17, 15) is 19.1 Å². The summed E-state index contributed by atoms with van der Waals surface area (Å²) in [7, 11) is -0.713. The van der Waals surface area contributed by atoms with Gasteiger partial charge in [-0.05, 0) is 13.8 Å². The van der Waals surface area contributed by atoms with Gasteiger partial charge in [0.15, 0.2) is 46.1 Å². The second-order valence-corrected chi connectivity index (χ2v) is 10.5. The molecule has 0 radical (unpaired) electrons. The third kappa shape index (κ3) is 6.19. The third-order valence-electron chi connectivity index (χ3n) is 5.97. The molecule has 3 heterocycles. The minimum Gasteiger partial charge on any atom is -0.493 e. The van der Waals surface area contributed by atoms with Crippen molar-refractivity contribution in [3.8, 4) is 23.0 Å². The van der Waals surface area contributed by atoms with Gasteiger partial charge in [0.25, 0.3) is 5.91 Å². The minimum absolute atomic E-state index is 0.169. The van der Waals surface area contributed by atoms with E-state index in [1.165, 1.54) is 35.2 Å². The number of hydrogen-bond acceptors (Lipinski definition) is 15. The number of benzene rings is 1. The van der Waals surface area contributed by atoms with E-state index in [0.717, 1.165) is 4.90 Å². The summed E-state index contributed by atoms with van der Waals surface area (Å²) in [5, 5.41) is 5.43. The molecule has 0 saturated heterocycles. The van der Waals surface area contributed by atoms with Crippen molar-refractivity contribution in [2.45, 2.75) is 19.4 Å². The van der Waals surface area contributed by atoms with Gasteiger partial charge in [0.1, 0.15) is 18.1 Å². The first-order valence-electron chi connectivity index (χ1n) is 12.1. The van der Waals surface area contributed by atoms with E-state index in [1.807, 2.05) is 0 Å². The Labute approximate surface area is 243 Å². The molecule has 43 heavy (non-hydrogen) atoms. The molecule has 0 atom stereocenters. The number of nitrogens with one attached hydrogen (secondary N) is 2. The van der Waals surface area contributed by atoms with Crippen LogP contribution in [0.3, 0.4) is 0 Å². The number of nitrogens with zero attached hydrogens (tertiary/aromatic N) is 4. The monoisotopic (exact) mass is 625 g/mol. The maximum Gasteiger partial charge on any atom is 0.471 e. The smallest absolute Gasteiger partial charge is 0.471 e. The first-order valence-corrected chi connectivity index (χ1v) is 13.6. The zero-order valence-corrected chi connectivity index (χ0v) is 24.4. The number of phosphoric acid groups is 1.